The van der Waals surface area contributed by atoms with E-state index in [2.05, 4.69) is 17.0 Å². The van der Waals surface area contributed by atoms with Crippen molar-refractivity contribution < 1.29 is 19.3 Å². The molecule has 1 fully saturated rings. The molecule has 5 nitrogen and oxygen atoms in total. The smallest absolute Gasteiger partial charge is 0.168 e. The Morgan fingerprint density at radius 3 is 2.96 bits per heavy atom. The number of para-hydroxylation sites is 1. The van der Waals surface area contributed by atoms with Crippen molar-refractivity contribution in [3.05, 3.63) is 29.3 Å². The second kappa shape index (κ2) is 8.21. The molecule has 0 aliphatic carbocycles. The summed E-state index contributed by atoms with van der Waals surface area (Å²) in [5, 5.41) is 9.94. The molecule has 0 radical (unpaired) electrons. The van der Waals surface area contributed by atoms with E-state index in [9.17, 15) is 5.11 Å². The molecule has 138 valence electrons. The van der Waals surface area contributed by atoms with Gasteiger partial charge in [-0.05, 0) is 43.5 Å². The summed E-state index contributed by atoms with van der Waals surface area (Å²) < 4.78 is 16.6. The fourth-order valence-electron chi connectivity index (χ4n) is 3.94. The summed E-state index contributed by atoms with van der Waals surface area (Å²) >= 11 is 0. The fourth-order valence-corrected chi connectivity index (χ4v) is 3.94. The van der Waals surface area contributed by atoms with Crippen LogP contribution in [0, 0.1) is 5.41 Å². The third-order valence-electron chi connectivity index (χ3n) is 5.33. The van der Waals surface area contributed by atoms with Crippen molar-refractivity contribution >= 4 is 6.08 Å². The van der Waals surface area contributed by atoms with Gasteiger partial charge in [-0.25, -0.2) is 0 Å². The van der Waals surface area contributed by atoms with Crippen LogP contribution in [0.2, 0.25) is 0 Å². The first-order valence-electron chi connectivity index (χ1n) is 9.01. The number of fused-ring (bicyclic) bond motifs is 1. The third-order valence-corrected chi connectivity index (χ3v) is 5.33. The topological polar surface area (TPSA) is 51.2 Å². The number of rotatable bonds is 7. The molecule has 1 aromatic carbocycles. The number of piperidine rings is 1. The van der Waals surface area contributed by atoms with Gasteiger partial charge >= 0.3 is 0 Å². The van der Waals surface area contributed by atoms with E-state index in [1.807, 2.05) is 12.1 Å². The van der Waals surface area contributed by atoms with Crippen molar-refractivity contribution in [1.82, 2.24) is 4.90 Å². The first kappa shape index (κ1) is 18.2. The van der Waals surface area contributed by atoms with Gasteiger partial charge in [-0.1, -0.05) is 12.1 Å². The van der Waals surface area contributed by atoms with Crippen LogP contribution >= 0.6 is 0 Å². The highest BCUT2D eigenvalue weighted by Gasteiger charge is 2.35. The van der Waals surface area contributed by atoms with Crippen LogP contribution in [0.3, 0.4) is 0 Å². The second-order valence-electron chi connectivity index (χ2n) is 7.19. The van der Waals surface area contributed by atoms with Gasteiger partial charge in [0.25, 0.3) is 0 Å². The fraction of sp³-hybridized carbons (Fsp3) is 0.600. The Balaban J connectivity index is 1.68. The Kier molecular flexibility index (Phi) is 5.99. The summed E-state index contributed by atoms with van der Waals surface area (Å²) in [7, 11) is 3.39. The largest absolute Gasteiger partial charge is 0.493 e. The van der Waals surface area contributed by atoms with Gasteiger partial charge in [-0.15, -0.1) is 0 Å². The normalized spacial score (nSPS) is 23.6. The number of aliphatic hydroxyl groups excluding tert-OH is 1. The summed E-state index contributed by atoms with van der Waals surface area (Å²) in [6.45, 7) is 4.38. The van der Waals surface area contributed by atoms with Gasteiger partial charge in [0.15, 0.2) is 11.5 Å². The standard InChI is InChI=1S/C20H29NO4/c1-23-10-8-20(15-22)7-4-9-21(14-20)12-16-11-17-5-3-6-18(24-2)19(17)25-13-16/h3,5-6,11,22H,4,7-10,12-15H2,1-2H3. The molecular formula is C20H29NO4. The number of benzene rings is 1. The van der Waals surface area contributed by atoms with E-state index in [1.165, 1.54) is 5.57 Å². The van der Waals surface area contributed by atoms with E-state index in [0.717, 1.165) is 56.0 Å². The van der Waals surface area contributed by atoms with Gasteiger partial charge in [0.2, 0.25) is 0 Å². The Morgan fingerprint density at radius 1 is 1.32 bits per heavy atom. The van der Waals surface area contributed by atoms with Crippen LogP contribution in [0.25, 0.3) is 6.08 Å². The van der Waals surface area contributed by atoms with Crippen LogP contribution in [0.15, 0.2) is 23.8 Å². The van der Waals surface area contributed by atoms with E-state index in [4.69, 9.17) is 14.2 Å². The average molecular weight is 347 g/mol. The van der Waals surface area contributed by atoms with Crippen molar-refractivity contribution in [2.75, 3.05) is 53.7 Å². The molecule has 1 N–H and O–H groups in total. The maximum atomic E-state index is 9.94. The second-order valence-corrected chi connectivity index (χ2v) is 7.19. The molecule has 2 aliphatic heterocycles. The summed E-state index contributed by atoms with van der Waals surface area (Å²) in [5.74, 6) is 1.61. The molecule has 1 atom stereocenters. The lowest BCUT2D eigenvalue weighted by Gasteiger charge is -2.42. The van der Waals surface area contributed by atoms with Crippen LogP contribution in [-0.2, 0) is 4.74 Å². The first-order chi connectivity index (χ1) is 12.2. The number of methoxy groups -OCH3 is 2. The molecule has 0 amide bonds. The zero-order valence-corrected chi connectivity index (χ0v) is 15.3. The number of likely N-dealkylation sites (tertiary alicyclic amines) is 1. The molecular weight excluding hydrogens is 318 g/mol. The quantitative estimate of drug-likeness (QED) is 0.822. The SMILES string of the molecule is COCCC1(CO)CCCN(CC2=Cc3cccc(OC)c3OC2)C1. The molecule has 3 rings (SSSR count). The van der Waals surface area contributed by atoms with Crippen molar-refractivity contribution in [1.29, 1.82) is 0 Å². The number of nitrogens with zero attached hydrogens (tertiary/aromatic N) is 1. The molecule has 5 heteroatoms. The van der Waals surface area contributed by atoms with E-state index < -0.39 is 0 Å². The van der Waals surface area contributed by atoms with Crippen LogP contribution in [0.5, 0.6) is 11.5 Å². The lowest BCUT2D eigenvalue weighted by Crippen LogP contribution is -2.46. The lowest BCUT2D eigenvalue weighted by molar-refractivity contribution is 0.0101. The highest BCUT2D eigenvalue weighted by molar-refractivity contribution is 5.66. The molecule has 25 heavy (non-hydrogen) atoms. The molecule has 1 saturated heterocycles. The van der Waals surface area contributed by atoms with Gasteiger partial charge in [0.05, 0.1) is 13.7 Å². The predicted molar refractivity (Wildman–Crippen MR) is 98.2 cm³/mol. The maximum absolute atomic E-state index is 9.94. The van der Waals surface area contributed by atoms with Crippen LogP contribution in [0.4, 0.5) is 0 Å². The minimum atomic E-state index is -0.0362. The van der Waals surface area contributed by atoms with Gasteiger partial charge < -0.3 is 19.3 Å². The lowest BCUT2D eigenvalue weighted by atomic mass is 9.78. The Bertz CT molecular complexity index is 616. The molecule has 2 heterocycles. The van der Waals surface area contributed by atoms with Gasteiger partial charge in [-0.2, -0.15) is 0 Å². The van der Waals surface area contributed by atoms with Crippen molar-refractivity contribution in [3.8, 4) is 11.5 Å². The summed E-state index contributed by atoms with van der Waals surface area (Å²) in [4.78, 5) is 2.44. The summed E-state index contributed by atoms with van der Waals surface area (Å²) in [6, 6.07) is 5.97. The Labute approximate surface area is 150 Å². The van der Waals surface area contributed by atoms with Crippen LogP contribution in [0.1, 0.15) is 24.8 Å². The van der Waals surface area contributed by atoms with E-state index in [1.54, 1.807) is 14.2 Å². The molecule has 1 unspecified atom stereocenters. The molecule has 0 spiro atoms. The predicted octanol–water partition coefficient (Wildman–Crippen LogP) is 2.58. The average Bonchev–Trinajstić information content (AvgIpc) is 2.66. The van der Waals surface area contributed by atoms with Crippen molar-refractivity contribution in [2.24, 2.45) is 5.41 Å². The highest BCUT2D eigenvalue weighted by Crippen LogP contribution is 2.37. The minimum absolute atomic E-state index is 0.0362. The number of hydrogen-bond donors (Lipinski definition) is 1. The monoisotopic (exact) mass is 347 g/mol. The van der Waals surface area contributed by atoms with Gasteiger partial charge in [0.1, 0.15) is 6.61 Å². The number of aliphatic hydroxyl groups is 1. The summed E-state index contributed by atoms with van der Waals surface area (Å²) in [6.07, 6.45) is 5.31. The zero-order valence-electron chi connectivity index (χ0n) is 15.3. The third kappa shape index (κ3) is 4.17. The highest BCUT2D eigenvalue weighted by atomic mass is 16.5. The molecule has 0 saturated carbocycles. The summed E-state index contributed by atoms with van der Waals surface area (Å²) in [5.41, 5.74) is 2.30. The molecule has 0 aromatic heterocycles. The number of hydrogen-bond acceptors (Lipinski definition) is 5. The van der Waals surface area contributed by atoms with E-state index in [-0.39, 0.29) is 12.0 Å². The maximum Gasteiger partial charge on any atom is 0.168 e. The van der Waals surface area contributed by atoms with Crippen LogP contribution in [-0.4, -0.2) is 63.7 Å². The number of ether oxygens (including phenoxy) is 3. The van der Waals surface area contributed by atoms with Crippen LogP contribution < -0.4 is 9.47 Å². The Morgan fingerprint density at radius 2 is 2.20 bits per heavy atom. The molecule has 1 aromatic rings. The van der Waals surface area contributed by atoms with Crippen molar-refractivity contribution in [2.45, 2.75) is 19.3 Å². The van der Waals surface area contributed by atoms with Gasteiger partial charge in [-0.3, -0.25) is 4.90 Å². The minimum Gasteiger partial charge on any atom is -0.493 e. The molecule has 2 aliphatic rings. The van der Waals surface area contributed by atoms with Gasteiger partial charge in [0, 0.05) is 37.8 Å². The van der Waals surface area contributed by atoms with Crippen molar-refractivity contribution in [3.63, 3.8) is 0 Å². The van der Waals surface area contributed by atoms with E-state index >= 15 is 0 Å². The Hall–Kier alpha value is -1.56. The first-order valence-corrected chi connectivity index (χ1v) is 9.01. The zero-order chi connectivity index (χ0) is 17.7. The molecule has 0 bridgehead atoms. The van der Waals surface area contributed by atoms with E-state index in [0.29, 0.717) is 13.2 Å².